The normalized spacial score (nSPS) is 15.7. The molecule has 148 valence electrons. The summed E-state index contributed by atoms with van der Waals surface area (Å²) in [5.41, 5.74) is 1.13. The Morgan fingerprint density at radius 2 is 1.74 bits per heavy atom. The average molecular weight is 395 g/mol. The molecule has 0 aliphatic carbocycles. The van der Waals surface area contributed by atoms with Crippen molar-refractivity contribution in [2.24, 2.45) is 0 Å². The summed E-state index contributed by atoms with van der Waals surface area (Å²) in [5.74, 6) is 1.48. The molecule has 1 aliphatic rings. The van der Waals surface area contributed by atoms with Crippen LogP contribution in [0.4, 0.5) is 0 Å². The Bertz CT molecular complexity index is 871. The first-order chi connectivity index (χ1) is 12.9. The van der Waals surface area contributed by atoms with E-state index in [0.29, 0.717) is 50.8 Å². The van der Waals surface area contributed by atoms with Crippen LogP contribution < -0.4 is 9.47 Å². The summed E-state index contributed by atoms with van der Waals surface area (Å²) in [6, 6.07) is 7.31. The molecule has 0 atom stereocenters. The van der Waals surface area contributed by atoms with E-state index in [-0.39, 0.29) is 4.90 Å². The first-order valence-corrected chi connectivity index (χ1v) is 10.3. The number of morpholine rings is 1. The number of aromatic nitrogens is 2. The monoisotopic (exact) mass is 395 g/mol. The highest BCUT2D eigenvalue weighted by molar-refractivity contribution is 7.89. The highest BCUT2D eigenvalue weighted by Crippen LogP contribution is 2.24. The van der Waals surface area contributed by atoms with Crippen LogP contribution in [-0.2, 0) is 21.3 Å². The van der Waals surface area contributed by atoms with Crippen LogP contribution in [0.2, 0.25) is 0 Å². The SMILES string of the molecule is COc1ccc(OCCn2nc(C)c(S(=O)(=O)N3CCOCC3)c2C)cc1. The quantitative estimate of drug-likeness (QED) is 0.708. The molecule has 2 aromatic rings. The average Bonchev–Trinajstić information content (AvgIpc) is 2.97. The Hall–Kier alpha value is -2.10. The van der Waals surface area contributed by atoms with Crippen molar-refractivity contribution in [1.29, 1.82) is 0 Å². The van der Waals surface area contributed by atoms with Crippen molar-refractivity contribution in [2.45, 2.75) is 25.3 Å². The highest BCUT2D eigenvalue weighted by Gasteiger charge is 2.31. The van der Waals surface area contributed by atoms with Gasteiger partial charge in [0.2, 0.25) is 10.0 Å². The number of sulfonamides is 1. The molecule has 3 rings (SSSR count). The van der Waals surface area contributed by atoms with Crippen LogP contribution in [0.3, 0.4) is 0 Å². The van der Waals surface area contributed by atoms with Gasteiger partial charge >= 0.3 is 0 Å². The lowest BCUT2D eigenvalue weighted by atomic mass is 10.3. The number of methoxy groups -OCH3 is 1. The van der Waals surface area contributed by atoms with E-state index in [1.54, 1.807) is 25.6 Å². The highest BCUT2D eigenvalue weighted by atomic mass is 32.2. The first-order valence-electron chi connectivity index (χ1n) is 8.82. The van der Waals surface area contributed by atoms with E-state index >= 15 is 0 Å². The van der Waals surface area contributed by atoms with E-state index in [2.05, 4.69) is 5.10 Å². The predicted molar refractivity (Wildman–Crippen MR) is 99.8 cm³/mol. The van der Waals surface area contributed by atoms with Gasteiger partial charge in [-0.1, -0.05) is 0 Å². The van der Waals surface area contributed by atoms with Crippen molar-refractivity contribution < 1.29 is 22.6 Å². The van der Waals surface area contributed by atoms with Crippen LogP contribution in [0.25, 0.3) is 0 Å². The van der Waals surface area contributed by atoms with Gasteiger partial charge < -0.3 is 14.2 Å². The molecule has 9 heteroatoms. The van der Waals surface area contributed by atoms with Gasteiger partial charge in [-0.15, -0.1) is 0 Å². The smallest absolute Gasteiger partial charge is 0.246 e. The largest absolute Gasteiger partial charge is 0.497 e. The van der Waals surface area contributed by atoms with Crippen molar-refractivity contribution in [2.75, 3.05) is 40.0 Å². The summed E-state index contributed by atoms with van der Waals surface area (Å²) < 4.78 is 45.2. The molecule has 0 radical (unpaired) electrons. The number of nitrogens with zero attached hydrogens (tertiary/aromatic N) is 3. The fourth-order valence-corrected chi connectivity index (χ4v) is 4.89. The zero-order valence-corrected chi connectivity index (χ0v) is 16.7. The van der Waals surface area contributed by atoms with E-state index in [1.165, 1.54) is 4.31 Å². The second kappa shape index (κ2) is 8.28. The molecule has 1 aromatic carbocycles. The van der Waals surface area contributed by atoms with Crippen molar-refractivity contribution in [3.05, 3.63) is 35.7 Å². The second-order valence-electron chi connectivity index (χ2n) is 6.26. The Morgan fingerprint density at radius 3 is 2.37 bits per heavy atom. The summed E-state index contributed by atoms with van der Waals surface area (Å²) >= 11 is 0. The molecule has 0 bridgehead atoms. The Balaban J connectivity index is 1.69. The maximum atomic E-state index is 13.0. The fourth-order valence-electron chi connectivity index (χ4n) is 3.11. The zero-order chi connectivity index (χ0) is 19.4. The molecule has 2 heterocycles. The van der Waals surface area contributed by atoms with E-state index in [4.69, 9.17) is 14.2 Å². The topological polar surface area (TPSA) is 82.9 Å². The third-order valence-corrected chi connectivity index (χ3v) is 6.67. The van der Waals surface area contributed by atoms with Gasteiger partial charge in [-0.05, 0) is 38.1 Å². The van der Waals surface area contributed by atoms with Crippen molar-refractivity contribution in [3.63, 3.8) is 0 Å². The number of hydrogen-bond acceptors (Lipinski definition) is 6. The first kappa shape index (κ1) is 19.7. The molecule has 0 spiro atoms. The van der Waals surface area contributed by atoms with Gasteiger partial charge in [-0.2, -0.15) is 9.40 Å². The van der Waals surface area contributed by atoms with Gasteiger partial charge in [0.05, 0.1) is 38.3 Å². The molecule has 0 N–H and O–H groups in total. The Kier molecular flexibility index (Phi) is 6.03. The van der Waals surface area contributed by atoms with Crippen LogP contribution in [-0.4, -0.2) is 62.5 Å². The van der Waals surface area contributed by atoms with Crippen LogP contribution in [0.1, 0.15) is 11.4 Å². The van der Waals surface area contributed by atoms with Gasteiger partial charge in [0.25, 0.3) is 0 Å². The summed E-state index contributed by atoms with van der Waals surface area (Å²) in [6.07, 6.45) is 0. The van der Waals surface area contributed by atoms with Gasteiger partial charge in [0.15, 0.2) is 0 Å². The minimum atomic E-state index is -3.57. The van der Waals surface area contributed by atoms with Crippen LogP contribution in [0, 0.1) is 13.8 Å². The van der Waals surface area contributed by atoms with Crippen LogP contribution in [0.5, 0.6) is 11.5 Å². The maximum Gasteiger partial charge on any atom is 0.246 e. The molecule has 1 saturated heterocycles. The zero-order valence-electron chi connectivity index (χ0n) is 15.8. The fraction of sp³-hybridized carbons (Fsp3) is 0.500. The lowest BCUT2D eigenvalue weighted by molar-refractivity contribution is 0.0730. The van der Waals surface area contributed by atoms with E-state index < -0.39 is 10.0 Å². The minimum absolute atomic E-state index is 0.286. The van der Waals surface area contributed by atoms with Gasteiger partial charge in [0, 0.05) is 13.1 Å². The molecular formula is C18H25N3O5S. The van der Waals surface area contributed by atoms with E-state index in [1.807, 2.05) is 24.3 Å². The van der Waals surface area contributed by atoms with E-state index in [9.17, 15) is 8.42 Å². The lowest BCUT2D eigenvalue weighted by Gasteiger charge is -2.26. The molecular weight excluding hydrogens is 370 g/mol. The number of rotatable bonds is 7. The van der Waals surface area contributed by atoms with E-state index in [0.717, 1.165) is 11.5 Å². The van der Waals surface area contributed by atoms with Crippen molar-refractivity contribution in [1.82, 2.24) is 14.1 Å². The van der Waals surface area contributed by atoms with Crippen molar-refractivity contribution in [3.8, 4) is 11.5 Å². The van der Waals surface area contributed by atoms with Gasteiger partial charge in [0.1, 0.15) is 23.0 Å². The summed E-state index contributed by atoms with van der Waals surface area (Å²) in [4.78, 5) is 0.286. The third-order valence-electron chi connectivity index (χ3n) is 4.51. The molecule has 27 heavy (non-hydrogen) atoms. The number of benzene rings is 1. The number of ether oxygens (including phenoxy) is 3. The molecule has 1 aliphatic heterocycles. The third kappa shape index (κ3) is 4.26. The van der Waals surface area contributed by atoms with Gasteiger partial charge in [-0.25, -0.2) is 8.42 Å². The minimum Gasteiger partial charge on any atom is -0.497 e. The van der Waals surface area contributed by atoms with Crippen LogP contribution in [0.15, 0.2) is 29.2 Å². The summed E-state index contributed by atoms with van der Waals surface area (Å²) in [6.45, 7) is 5.91. The maximum absolute atomic E-state index is 13.0. The number of hydrogen-bond donors (Lipinski definition) is 0. The lowest BCUT2D eigenvalue weighted by Crippen LogP contribution is -2.41. The summed E-state index contributed by atoms with van der Waals surface area (Å²) in [7, 11) is -1.96. The predicted octanol–water partition coefficient (Wildman–Crippen LogP) is 1.61. The van der Waals surface area contributed by atoms with Gasteiger partial charge in [-0.3, -0.25) is 4.68 Å². The number of aryl methyl sites for hydroxylation is 1. The molecule has 0 saturated carbocycles. The summed E-state index contributed by atoms with van der Waals surface area (Å²) in [5, 5.41) is 4.41. The molecule has 8 nitrogen and oxygen atoms in total. The molecule has 1 fully saturated rings. The van der Waals surface area contributed by atoms with Crippen LogP contribution >= 0.6 is 0 Å². The Morgan fingerprint density at radius 1 is 1.11 bits per heavy atom. The molecule has 0 unspecified atom stereocenters. The molecule has 1 aromatic heterocycles. The second-order valence-corrected chi connectivity index (χ2v) is 8.14. The van der Waals surface area contributed by atoms with Crippen molar-refractivity contribution >= 4 is 10.0 Å². The molecule has 0 amide bonds. The standard InChI is InChI=1S/C18H25N3O5S/c1-14-18(27(22,23)20-8-11-25-12-9-20)15(2)21(19-14)10-13-26-17-6-4-16(24-3)5-7-17/h4-7H,8-13H2,1-3H3. The Labute approximate surface area is 159 Å².